The summed E-state index contributed by atoms with van der Waals surface area (Å²) in [5.41, 5.74) is 1.59. The van der Waals surface area contributed by atoms with Gasteiger partial charge in [0.05, 0.1) is 6.54 Å². The quantitative estimate of drug-likeness (QED) is 0.775. The van der Waals surface area contributed by atoms with E-state index < -0.39 is 9.84 Å². The molecule has 0 saturated heterocycles. The molecule has 0 fully saturated rings. The van der Waals surface area contributed by atoms with Gasteiger partial charge in [-0.15, -0.1) is 0 Å². The molecule has 1 N–H and O–H groups in total. The SMILES string of the molecule is CS(=O)(=O)c1cccnc1NCc1cc(-c2ccccc2)on1. The molecular formula is C16H15N3O3S. The van der Waals surface area contributed by atoms with E-state index in [4.69, 9.17) is 4.52 Å². The Morgan fingerprint density at radius 1 is 1.13 bits per heavy atom. The topological polar surface area (TPSA) is 85.1 Å². The van der Waals surface area contributed by atoms with Gasteiger partial charge in [-0.25, -0.2) is 13.4 Å². The van der Waals surface area contributed by atoms with E-state index >= 15 is 0 Å². The highest BCUT2D eigenvalue weighted by Crippen LogP contribution is 2.21. The predicted octanol–water partition coefficient (Wildman–Crippen LogP) is 2.75. The van der Waals surface area contributed by atoms with Crippen molar-refractivity contribution in [3.63, 3.8) is 0 Å². The summed E-state index contributed by atoms with van der Waals surface area (Å²) in [6.07, 6.45) is 2.69. The molecule has 0 unspecified atom stereocenters. The van der Waals surface area contributed by atoms with Crippen molar-refractivity contribution in [2.45, 2.75) is 11.4 Å². The van der Waals surface area contributed by atoms with E-state index in [1.54, 1.807) is 6.07 Å². The Hall–Kier alpha value is -2.67. The normalized spacial score (nSPS) is 11.3. The molecule has 7 heteroatoms. The molecule has 0 saturated carbocycles. The number of pyridine rings is 1. The lowest BCUT2D eigenvalue weighted by atomic mass is 10.2. The molecule has 0 atom stereocenters. The first kappa shape index (κ1) is 15.2. The predicted molar refractivity (Wildman–Crippen MR) is 86.6 cm³/mol. The summed E-state index contributed by atoms with van der Waals surface area (Å²) in [5.74, 6) is 0.964. The highest BCUT2D eigenvalue weighted by Gasteiger charge is 2.14. The summed E-state index contributed by atoms with van der Waals surface area (Å²) in [5, 5.41) is 6.97. The lowest BCUT2D eigenvalue weighted by Crippen LogP contribution is -2.08. The van der Waals surface area contributed by atoms with Gasteiger partial charge in [0, 0.05) is 24.1 Å². The largest absolute Gasteiger partial charge is 0.363 e. The number of aromatic nitrogens is 2. The Morgan fingerprint density at radius 3 is 2.65 bits per heavy atom. The maximum atomic E-state index is 11.7. The van der Waals surface area contributed by atoms with Crippen molar-refractivity contribution in [3.8, 4) is 11.3 Å². The third-order valence-corrected chi connectivity index (χ3v) is 4.35. The first-order chi connectivity index (χ1) is 11.0. The second-order valence-corrected chi connectivity index (χ2v) is 7.01. The van der Waals surface area contributed by atoms with Crippen molar-refractivity contribution in [2.75, 3.05) is 11.6 Å². The van der Waals surface area contributed by atoms with Crippen molar-refractivity contribution < 1.29 is 12.9 Å². The zero-order valence-electron chi connectivity index (χ0n) is 12.4. The van der Waals surface area contributed by atoms with Crippen LogP contribution >= 0.6 is 0 Å². The number of hydrogen-bond acceptors (Lipinski definition) is 6. The van der Waals surface area contributed by atoms with Gasteiger partial charge in [0.1, 0.15) is 16.4 Å². The fourth-order valence-electron chi connectivity index (χ4n) is 2.13. The third-order valence-electron chi connectivity index (χ3n) is 3.22. The van der Waals surface area contributed by atoms with Gasteiger partial charge in [-0.2, -0.15) is 0 Å². The number of sulfone groups is 1. The molecule has 0 amide bonds. The molecule has 0 bridgehead atoms. The molecular weight excluding hydrogens is 314 g/mol. The number of benzene rings is 1. The average molecular weight is 329 g/mol. The second kappa shape index (κ2) is 6.21. The van der Waals surface area contributed by atoms with Crippen LogP contribution in [0.2, 0.25) is 0 Å². The van der Waals surface area contributed by atoms with Gasteiger partial charge in [0.2, 0.25) is 0 Å². The fraction of sp³-hybridized carbons (Fsp3) is 0.125. The van der Waals surface area contributed by atoms with E-state index in [-0.39, 0.29) is 4.90 Å². The summed E-state index contributed by atoms with van der Waals surface area (Å²) in [6.45, 7) is 0.315. The molecule has 23 heavy (non-hydrogen) atoms. The van der Waals surface area contributed by atoms with Crippen LogP contribution in [0.1, 0.15) is 5.69 Å². The van der Waals surface area contributed by atoms with E-state index in [2.05, 4.69) is 15.5 Å². The first-order valence-electron chi connectivity index (χ1n) is 6.94. The number of nitrogens with zero attached hydrogens (tertiary/aromatic N) is 2. The van der Waals surface area contributed by atoms with Crippen LogP contribution in [0.15, 0.2) is 64.1 Å². The molecule has 1 aromatic carbocycles. The number of nitrogens with one attached hydrogen (secondary N) is 1. The molecule has 2 heterocycles. The summed E-state index contributed by atoms with van der Waals surface area (Å²) >= 11 is 0. The molecule has 3 aromatic rings. The Balaban J connectivity index is 1.77. The van der Waals surface area contributed by atoms with Gasteiger partial charge in [-0.1, -0.05) is 35.5 Å². The van der Waals surface area contributed by atoms with Gasteiger partial charge < -0.3 is 9.84 Å². The zero-order chi connectivity index (χ0) is 16.3. The van der Waals surface area contributed by atoms with E-state index in [0.29, 0.717) is 23.8 Å². The van der Waals surface area contributed by atoms with Gasteiger partial charge in [-0.3, -0.25) is 0 Å². The lowest BCUT2D eigenvalue weighted by Gasteiger charge is -2.07. The van der Waals surface area contributed by atoms with Gasteiger partial charge in [0.15, 0.2) is 15.6 Å². The molecule has 0 spiro atoms. The summed E-state index contributed by atoms with van der Waals surface area (Å²) < 4.78 is 28.8. The molecule has 2 aromatic heterocycles. The van der Waals surface area contributed by atoms with Crippen molar-refractivity contribution in [1.29, 1.82) is 0 Å². The van der Waals surface area contributed by atoms with Gasteiger partial charge >= 0.3 is 0 Å². The minimum Gasteiger partial charge on any atom is -0.363 e. The Labute approximate surface area is 134 Å². The van der Waals surface area contributed by atoms with E-state index in [1.165, 1.54) is 12.3 Å². The molecule has 6 nitrogen and oxygen atoms in total. The molecule has 0 aliphatic rings. The van der Waals surface area contributed by atoms with Crippen LogP contribution in [-0.4, -0.2) is 24.8 Å². The van der Waals surface area contributed by atoms with Crippen LogP contribution in [0.3, 0.4) is 0 Å². The third kappa shape index (κ3) is 3.57. The molecule has 0 aliphatic carbocycles. The Bertz CT molecular complexity index is 905. The van der Waals surface area contributed by atoms with Crippen molar-refractivity contribution >= 4 is 15.7 Å². The Kier molecular flexibility index (Phi) is 4.12. The molecule has 0 aliphatic heterocycles. The van der Waals surface area contributed by atoms with Crippen molar-refractivity contribution in [1.82, 2.24) is 10.1 Å². The summed E-state index contributed by atoms with van der Waals surface area (Å²) in [4.78, 5) is 4.24. The van der Waals surface area contributed by atoms with Crippen LogP contribution in [0, 0.1) is 0 Å². The molecule has 0 radical (unpaired) electrons. The van der Waals surface area contributed by atoms with Crippen LogP contribution in [0.5, 0.6) is 0 Å². The minimum atomic E-state index is -3.34. The standard InChI is InChI=1S/C16H15N3O3S/c1-23(20,21)15-8-5-9-17-16(15)18-11-13-10-14(22-19-13)12-6-3-2-4-7-12/h2-10H,11H2,1H3,(H,17,18). The smallest absolute Gasteiger partial charge is 0.179 e. The van der Waals surface area contributed by atoms with E-state index in [0.717, 1.165) is 11.8 Å². The Morgan fingerprint density at radius 2 is 1.91 bits per heavy atom. The number of hydrogen-bond donors (Lipinski definition) is 1. The number of rotatable bonds is 5. The lowest BCUT2D eigenvalue weighted by molar-refractivity contribution is 0.424. The second-order valence-electron chi connectivity index (χ2n) is 5.02. The maximum absolute atomic E-state index is 11.7. The molecule has 118 valence electrons. The molecule has 3 rings (SSSR count). The fourth-order valence-corrected chi connectivity index (χ4v) is 2.93. The highest BCUT2D eigenvalue weighted by atomic mass is 32.2. The zero-order valence-corrected chi connectivity index (χ0v) is 13.2. The summed E-state index contributed by atoms with van der Waals surface area (Å²) in [6, 6.07) is 14.5. The minimum absolute atomic E-state index is 0.159. The highest BCUT2D eigenvalue weighted by molar-refractivity contribution is 7.90. The van der Waals surface area contributed by atoms with Gasteiger partial charge in [0.25, 0.3) is 0 Å². The average Bonchev–Trinajstić information content (AvgIpc) is 3.02. The van der Waals surface area contributed by atoms with Crippen LogP contribution in [0.4, 0.5) is 5.82 Å². The van der Waals surface area contributed by atoms with Crippen LogP contribution in [0.25, 0.3) is 11.3 Å². The van der Waals surface area contributed by atoms with Crippen molar-refractivity contribution in [3.05, 3.63) is 60.4 Å². The summed E-state index contributed by atoms with van der Waals surface area (Å²) in [7, 11) is -3.34. The monoisotopic (exact) mass is 329 g/mol. The van der Waals surface area contributed by atoms with Crippen LogP contribution < -0.4 is 5.32 Å². The van der Waals surface area contributed by atoms with Crippen LogP contribution in [-0.2, 0) is 16.4 Å². The van der Waals surface area contributed by atoms with E-state index in [9.17, 15) is 8.42 Å². The van der Waals surface area contributed by atoms with Gasteiger partial charge in [-0.05, 0) is 12.1 Å². The van der Waals surface area contributed by atoms with Crippen molar-refractivity contribution in [2.24, 2.45) is 0 Å². The maximum Gasteiger partial charge on any atom is 0.179 e. The number of anilines is 1. The first-order valence-corrected chi connectivity index (χ1v) is 8.83. The van der Waals surface area contributed by atoms with E-state index in [1.807, 2.05) is 36.4 Å².